The van der Waals surface area contributed by atoms with Crippen LogP contribution in [0.2, 0.25) is 0 Å². The lowest BCUT2D eigenvalue weighted by atomic mass is 9.64. The van der Waals surface area contributed by atoms with Crippen molar-refractivity contribution in [2.45, 2.75) is 32.2 Å². The Labute approximate surface area is 66.6 Å². The van der Waals surface area contributed by atoms with Crippen molar-refractivity contribution in [2.75, 3.05) is 6.61 Å². The number of ketones is 1. The molecule has 64 valence electrons. The van der Waals surface area contributed by atoms with Crippen LogP contribution in [-0.4, -0.2) is 23.5 Å². The molecule has 0 saturated heterocycles. The Balaban J connectivity index is 2.61. The predicted molar refractivity (Wildman–Crippen MR) is 42.0 cm³/mol. The molecule has 3 heteroatoms. The topological polar surface area (TPSA) is 63.3 Å². The lowest BCUT2D eigenvalue weighted by Crippen LogP contribution is -2.52. The standard InChI is InChI=1S/C8H15NO2/c1-6(11)7(9)8(5-10)3-2-4-8/h7,10H,2-5,9H2,1H3. The van der Waals surface area contributed by atoms with Crippen molar-refractivity contribution in [3.05, 3.63) is 0 Å². The number of hydrogen-bond acceptors (Lipinski definition) is 3. The van der Waals surface area contributed by atoms with E-state index in [0.29, 0.717) is 0 Å². The van der Waals surface area contributed by atoms with E-state index in [0.717, 1.165) is 19.3 Å². The van der Waals surface area contributed by atoms with E-state index in [1.165, 1.54) is 6.92 Å². The minimum Gasteiger partial charge on any atom is -0.396 e. The van der Waals surface area contributed by atoms with Gasteiger partial charge < -0.3 is 10.8 Å². The van der Waals surface area contributed by atoms with E-state index in [9.17, 15) is 4.79 Å². The van der Waals surface area contributed by atoms with E-state index in [1.54, 1.807) is 0 Å². The van der Waals surface area contributed by atoms with E-state index in [1.807, 2.05) is 0 Å². The summed E-state index contributed by atoms with van der Waals surface area (Å²) in [6.07, 6.45) is 2.87. The van der Waals surface area contributed by atoms with Crippen molar-refractivity contribution in [1.29, 1.82) is 0 Å². The maximum atomic E-state index is 10.9. The first-order valence-corrected chi connectivity index (χ1v) is 3.99. The smallest absolute Gasteiger partial charge is 0.147 e. The van der Waals surface area contributed by atoms with Crippen molar-refractivity contribution in [3.8, 4) is 0 Å². The number of carbonyl (C=O) groups excluding carboxylic acids is 1. The van der Waals surface area contributed by atoms with Gasteiger partial charge in [0.2, 0.25) is 0 Å². The first-order valence-electron chi connectivity index (χ1n) is 3.99. The summed E-state index contributed by atoms with van der Waals surface area (Å²) in [6, 6.07) is -0.457. The highest BCUT2D eigenvalue weighted by Crippen LogP contribution is 2.42. The molecule has 3 nitrogen and oxygen atoms in total. The summed E-state index contributed by atoms with van der Waals surface area (Å²) in [5.41, 5.74) is 5.39. The maximum absolute atomic E-state index is 10.9. The fourth-order valence-corrected chi connectivity index (χ4v) is 1.63. The van der Waals surface area contributed by atoms with Gasteiger partial charge in [0, 0.05) is 5.41 Å². The monoisotopic (exact) mass is 157 g/mol. The van der Waals surface area contributed by atoms with Crippen molar-refractivity contribution in [3.63, 3.8) is 0 Å². The van der Waals surface area contributed by atoms with Gasteiger partial charge in [0.25, 0.3) is 0 Å². The number of nitrogens with two attached hydrogens (primary N) is 1. The number of carbonyl (C=O) groups is 1. The van der Waals surface area contributed by atoms with Crippen LogP contribution in [-0.2, 0) is 4.79 Å². The quantitative estimate of drug-likeness (QED) is 0.609. The van der Waals surface area contributed by atoms with Gasteiger partial charge in [-0.1, -0.05) is 6.42 Å². The molecule has 11 heavy (non-hydrogen) atoms. The van der Waals surface area contributed by atoms with Crippen LogP contribution in [0.25, 0.3) is 0 Å². The van der Waals surface area contributed by atoms with Gasteiger partial charge in [-0.05, 0) is 19.8 Å². The Morgan fingerprint density at radius 2 is 2.27 bits per heavy atom. The third-order valence-corrected chi connectivity index (χ3v) is 2.76. The van der Waals surface area contributed by atoms with Gasteiger partial charge in [0.05, 0.1) is 12.6 Å². The lowest BCUT2D eigenvalue weighted by Gasteiger charge is -2.43. The highest BCUT2D eigenvalue weighted by atomic mass is 16.3. The summed E-state index contributed by atoms with van der Waals surface area (Å²) < 4.78 is 0. The van der Waals surface area contributed by atoms with Crippen LogP contribution in [0.1, 0.15) is 26.2 Å². The molecular formula is C8H15NO2. The van der Waals surface area contributed by atoms with Gasteiger partial charge in [0.1, 0.15) is 5.78 Å². The number of Topliss-reactive ketones (excluding diaryl/α,β-unsaturated/α-hetero) is 1. The second-order valence-corrected chi connectivity index (χ2v) is 3.46. The highest BCUT2D eigenvalue weighted by Gasteiger charge is 2.43. The number of rotatable bonds is 3. The van der Waals surface area contributed by atoms with Crippen molar-refractivity contribution in [1.82, 2.24) is 0 Å². The summed E-state index contributed by atoms with van der Waals surface area (Å²) in [5.74, 6) is -0.0150. The zero-order valence-corrected chi connectivity index (χ0v) is 6.84. The van der Waals surface area contributed by atoms with Crippen LogP contribution in [0.4, 0.5) is 0 Å². The van der Waals surface area contributed by atoms with Crippen LogP contribution in [0, 0.1) is 5.41 Å². The SMILES string of the molecule is CC(=O)C(N)C1(CO)CCC1. The Morgan fingerprint density at radius 3 is 2.36 bits per heavy atom. The van der Waals surface area contributed by atoms with Gasteiger partial charge in [-0.3, -0.25) is 4.79 Å². The molecule has 1 atom stereocenters. The minimum absolute atomic E-state index is 0.0150. The largest absolute Gasteiger partial charge is 0.396 e. The Bertz CT molecular complexity index is 158. The van der Waals surface area contributed by atoms with Gasteiger partial charge in [-0.25, -0.2) is 0 Å². The molecule has 1 rings (SSSR count). The van der Waals surface area contributed by atoms with E-state index in [-0.39, 0.29) is 17.8 Å². The predicted octanol–water partition coefficient (Wildman–Crippen LogP) is 0.0653. The molecule has 3 N–H and O–H groups in total. The molecule has 0 aromatic carbocycles. The maximum Gasteiger partial charge on any atom is 0.147 e. The highest BCUT2D eigenvalue weighted by molar-refractivity contribution is 5.82. The zero-order valence-electron chi connectivity index (χ0n) is 6.84. The summed E-state index contributed by atoms with van der Waals surface area (Å²) in [7, 11) is 0. The molecule has 0 aromatic heterocycles. The summed E-state index contributed by atoms with van der Waals surface area (Å²) in [6.45, 7) is 1.54. The lowest BCUT2D eigenvalue weighted by molar-refractivity contribution is -0.124. The number of hydrogen-bond donors (Lipinski definition) is 2. The Hall–Kier alpha value is -0.410. The van der Waals surface area contributed by atoms with Crippen LogP contribution in [0.5, 0.6) is 0 Å². The Morgan fingerprint density at radius 1 is 1.73 bits per heavy atom. The van der Waals surface area contributed by atoms with Gasteiger partial charge in [0.15, 0.2) is 0 Å². The molecule has 1 fully saturated rings. The molecule has 1 aliphatic carbocycles. The van der Waals surface area contributed by atoms with Crippen molar-refractivity contribution < 1.29 is 9.90 Å². The van der Waals surface area contributed by atoms with Gasteiger partial charge >= 0.3 is 0 Å². The van der Waals surface area contributed by atoms with Crippen LogP contribution >= 0.6 is 0 Å². The van der Waals surface area contributed by atoms with Crippen LogP contribution in [0.15, 0.2) is 0 Å². The van der Waals surface area contributed by atoms with E-state index in [2.05, 4.69) is 0 Å². The van der Waals surface area contributed by atoms with Crippen molar-refractivity contribution in [2.24, 2.45) is 11.1 Å². The van der Waals surface area contributed by atoms with Crippen molar-refractivity contribution >= 4 is 5.78 Å². The molecule has 1 aliphatic rings. The molecule has 0 bridgehead atoms. The molecule has 1 unspecified atom stereocenters. The van der Waals surface area contributed by atoms with E-state index >= 15 is 0 Å². The average Bonchev–Trinajstić information content (AvgIpc) is 1.86. The molecule has 0 amide bonds. The molecule has 0 aliphatic heterocycles. The first kappa shape index (κ1) is 8.68. The third-order valence-electron chi connectivity index (χ3n) is 2.76. The Kier molecular flexibility index (Phi) is 2.30. The second kappa shape index (κ2) is 2.91. The zero-order chi connectivity index (χ0) is 8.48. The molecule has 0 heterocycles. The number of aliphatic hydroxyl groups excluding tert-OH is 1. The molecular weight excluding hydrogens is 142 g/mol. The fraction of sp³-hybridized carbons (Fsp3) is 0.875. The third kappa shape index (κ3) is 1.30. The number of aliphatic hydroxyl groups is 1. The van der Waals surface area contributed by atoms with E-state index < -0.39 is 6.04 Å². The fourth-order valence-electron chi connectivity index (χ4n) is 1.63. The van der Waals surface area contributed by atoms with E-state index in [4.69, 9.17) is 10.8 Å². The van der Waals surface area contributed by atoms with Gasteiger partial charge in [-0.2, -0.15) is 0 Å². The van der Waals surface area contributed by atoms with Gasteiger partial charge in [-0.15, -0.1) is 0 Å². The van der Waals surface area contributed by atoms with Crippen LogP contribution < -0.4 is 5.73 Å². The summed E-state index contributed by atoms with van der Waals surface area (Å²) in [5, 5.41) is 9.02. The normalized spacial score (nSPS) is 23.9. The summed E-state index contributed by atoms with van der Waals surface area (Å²) >= 11 is 0. The molecule has 0 aromatic rings. The minimum atomic E-state index is -0.457. The summed E-state index contributed by atoms with van der Waals surface area (Å²) in [4.78, 5) is 10.9. The second-order valence-electron chi connectivity index (χ2n) is 3.46. The molecule has 0 radical (unpaired) electrons. The molecule has 0 spiro atoms. The molecule has 1 saturated carbocycles. The average molecular weight is 157 g/mol. The first-order chi connectivity index (χ1) is 5.12. The van der Waals surface area contributed by atoms with Crippen LogP contribution in [0.3, 0.4) is 0 Å².